The van der Waals surface area contributed by atoms with E-state index >= 15 is 0 Å². The van der Waals surface area contributed by atoms with Crippen LogP contribution in [0.25, 0.3) is 10.8 Å². The zero-order valence-corrected chi connectivity index (χ0v) is 15.5. The fourth-order valence-corrected chi connectivity index (χ4v) is 2.78. The van der Waals surface area contributed by atoms with Crippen molar-refractivity contribution in [2.75, 3.05) is 18.0 Å². The highest BCUT2D eigenvalue weighted by Gasteiger charge is 2.20. The molecule has 2 aromatic rings. The van der Waals surface area contributed by atoms with Crippen molar-refractivity contribution in [3.8, 4) is 11.5 Å². The second kappa shape index (κ2) is 8.54. The first-order valence-corrected chi connectivity index (χ1v) is 8.52. The Morgan fingerprint density at radius 2 is 1.65 bits per heavy atom. The number of carbonyl (C=O) groups is 2. The van der Waals surface area contributed by atoms with Crippen molar-refractivity contribution >= 4 is 40.0 Å². The molecule has 2 rings (SSSR count). The van der Waals surface area contributed by atoms with Gasteiger partial charge < -0.3 is 14.4 Å². The summed E-state index contributed by atoms with van der Waals surface area (Å²) in [6.45, 7) is 12.2. The number of carbonyl (C=O) groups excluding carboxylic acids is 2. The van der Waals surface area contributed by atoms with Crippen LogP contribution in [0.4, 0.5) is 5.69 Å². The largest absolute Gasteiger partial charge is 0.423 e. The lowest BCUT2D eigenvalue weighted by atomic mass is 10.1. The maximum atomic E-state index is 11.9. The van der Waals surface area contributed by atoms with Gasteiger partial charge in [0.1, 0.15) is 5.75 Å². The fraction of sp³-hybridized carbons (Fsp3) is 0.200. The molecule has 0 aliphatic carbocycles. The molecule has 0 aliphatic heterocycles. The van der Waals surface area contributed by atoms with Gasteiger partial charge in [0.15, 0.2) is 5.75 Å². The molecule has 6 heteroatoms. The van der Waals surface area contributed by atoms with Crippen molar-refractivity contribution in [1.82, 2.24) is 0 Å². The lowest BCUT2D eigenvalue weighted by molar-refractivity contribution is -0.129. The van der Waals surface area contributed by atoms with Gasteiger partial charge in [0.05, 0.1) is 5.69 Å². The zero-order valence-electron chi connectivity index (χ0n) is 14.8. The monoisotopic (exact) mass is 373 g/mol. The van der Waals surface area contributed by atoms with Crippen LogP contribution in [-0.2, 0) is 9.59 Å². The molecule has 5 nitrogen and oxygen atoms in total. The number of halogens is 1. The van der Waals surface area contributed by atoms with E-state index in [0.29, 0.717) is 46.1 Å². The third-order valence-corrected chi connectivity index (χ3v) is 4.08. The van der Waals surface area contributed by atoms with E-state index in [-0.39, 0.29) is 0 Å². The molecule has 0 heterocycles. The van der Waals surface area contributed by atoms with Crippen molar-refractivity contribution in [3.63, 3.8) is 0 Å². The van der Waals surface area contributed by atoms with Crippen LogP contribution < -0.4 is 14.4 Å². The van der Waals surface area contributed by atoms with Gasteiger partial charge in [-0.3, -0.25) is 0 Å². The van der Waals surface area contributed by atoms with Gasteiger partial charge in [0.25, 0.3) is 0 Å². The van der Waals surface area contributed by atoms with Crippen molar-refractivity contribution in [1.29, 1.82) is 0 Å². The van der Waals surface area contributed by atoms with Crippen molar-refractivity contribution in [3.05, 3.63) is 54.6 Å². The third kappa shape index (κ3) is 4.06. The Morgan fingerprint density at radius 3 is 2.23 bits per heavy atom. The van der Waals surface area contributed by atoms with Gasteiger partial charge in [-0.2, -0.15) is 0 Å². The van der Waals surface area contributed by atoms with E-state index in [1.165, 1.54) is 0 Å². The number of benzene rings is 2. The van der Waals surface area contributed by atoms with Gasteiger partial charge in [0, 0.05) is 47.1 Å². The van der Waals surface area contributed by atoms with Crippen LogP contribution in [0.15, 0.2) is 49.6 Å². The number of hydrogen-bond donors (Lipinski definition) is 0. The second-order valence-electron chi connectivity index (χ2n) is 5.34. The lowest BCUT2D eigenvalue weighted by Crippen LogP contribution is -2.23. The predicted molar refractivity (Wildman–Crippen MR) is 104 cm³/mol. The van der Waals surface area contributed by atoms with Gasteiger partial charge in [-0.15, -0.1) is 0 Å². The van der Waals surface area contributed by atoms with Crippen LogP contribution in [0.3, 0.4) is 0 Å². The maximum Gasteiger partial charge on any atom is 0.335 e. The van der Waals surface area contributed by atoms with Crippen molar-refractivity contribution < 1.29 is 19.1 Å². The minimum Gasteiger partial charge on any atom is -0.423 e. The number of nitrogens with zero attached hydrogens (tertiary/aromatic N) is 1. The summed E-state index contributed by atoms with van der Waals surface area (Å²) in [4.78, 5) is 25.6. The summed E-state index contributed by atoms with van der Waals surface area (Å²) in [7, 11) is 0. The first-order chi connectivity index (χ1) is 12.4. The molecule has 0 fully saturated rings. The summed E-state index contributed by atoms with van der Waals surface area (Å²) in [6, 6.07) is 6.72. The molecule has 2 aromatic carbocycles. The number of anilines is 1. The van der Waals surface area contributed by atoms with Crippen LogP contribution in [0, 0.1) is 0 Å². The molecular weight excluding hydrogens is 354 g/mol. The molecule has 26 heavy (non-hydrogen) atoms. The highest BCUT2D eigenvalue weighted by atomic mass is 35.5. The summed E-state index contributed by atoms with van der Waals surface area (Å²) < 4.78 is 10.9. The first kappa shape index (κ1) is 19.5. The number of ether oxygens (including phenoxy) is 2. The summed E-state index contributed by atoms with van der Waals surface area (Å²) in [6.07, 6.45) is 2.18. The number of rotatable bonds is 7. The predicted octanol–water partition coefficient (Wildman–Crippen LogP) is 4.52. The summed E-state index contributed by atoms with van der Waals surface area (Å²) in [5.41, 5.74) is 0.631. The highest BCUT2D eigenvalue weighted by molar-refractivity contribution is 6.31. The zero-order chi connectivity index (χ0) is 19.3. The summed E-state index contributed by atoms with van der Waals surface area (Å²) >= 11 is 6.11. The molecule has 0 atom stereocenters. The number of fused-ring (bicyclic) bond motifs is 1. The van der Waals surface area contributed by atoms with E-state index in [4.69, 9.17) is 21.1 Å². The Labute approximate surface area is 157 Å². The Hall–Kier alpha value is -2.79. The molecule has 136 valence electrons. The average Bonchev–Trinajstić information content (AvgIpc) is 2.64. The smallest absolute Gasteiger partial charge is 0.335 e. The minimum atomic E-state index is -0.590. The Kier molecular flexibility index (Phi) is 6.41. The molecule has 0 saturated carbocycles. The third-order valence-electron chi connectivity index (χ3n) is 3.84. The van der Waals surface area contributed by atoms with Gasteiger partial charge in [-0.1, -0.05) is 24.8 Å². The molecule has 0 N–H and O–H groups in total. The average molecular weight is 374 g/mol. The standard InChI is InChI=1S/C20H20ClNO4/c1-5-18(23)25-17-12-16(22(7-3)8-4)20(26-19(24)6-2)14-10-9-13(21)11-15(14)17/h5-6,9-12H,1-2,7-8H2,3-4H3. The molecule has 0 spiro atoms. The molecule has 0 aromatic heterocycles. The molecule has 0 radical (unpaired) electrons. The second-order valence-corrected chi connectivity index (χ2v) is 5.77. The van der Waals surface area contributed by atoms with Crippen LogP contribution in [0.1, 0.15) is 13.8 Å². The van der Waals surface area contributed by atoms with E-state index in [1.54, 1.807) is 24.3 Å². The molecule has 0 unspecified atom stereocenters. The van der Waals surface area contributed by atoms with Gasteiger partial charge in [-0.05, 0) is 32.0 Å². The lowest BCUT2D eigenvalue weighted by Gasteiger charge is -2.25. The number of hydrogen-bond acceptors (Lipinski definition) is 5. The highest BCUT2D eigenvalue weighted by Crippen LogP contribution is 2.43. The SMILES string of the molecule is C=CC(=O)Oc1cc(N(CC)CC)c(OC(=O)C=C)c2ccc(Cl)cc12. The van der Waals surface area contributed by atoms with E-state index in [2.05, 4.69) is 13.2 Å². The van der Waals surface area contributed by atoms with Crippen molar-refractivity contribution in [2.24, 2.45) is 0 Å². The van der Waals surface area contributed by atoms with E-state index in [9.17, 15) is 9.59 Å². The van der Waals surface area contributed by atoms with Gasteiger partial charge in [-0.25, -0.2) is 9.59 Å². The normalized spacial score (nSPS) is 10.3. The van der Waals surface area contributed by atoms with Crippen LogP contribution in [0.2, 0.25) is 5.02 Å². The molecule has 0 amide bonds. The van der Waals surface area contributed by atoms with E-state index in [1.807, 2.05) is 18.7 Å². The Balaban J connectivity index is 2.82. The summed E-state index contributed by atoms with van der Waals surface area (Å²) in [5, 5.41) is 1.61. The molecule has 0 aliphatic rings. The van der Waals surface area contributed by atoms with Crippen LogP contribution in [-0.4, -0.2) is 25.0 Å². The number of esters is 2. The van der Waals surface area contributed by atoms with E-state index < -0.39 is 11.9 Å². The topological polar surface area (TPSA) is 55.8 Å². The Bertz CT molecular complexity index is 872. The first-order valence-electron chi connectivity index (χ1n) is 8.14. The van der Waals surface area contributed by atoms with Crippen LogP contribution in [0.5, 0.6) is 11.5 Å². The maximum absolute atomic E-state index is 11.9. The fourth-order valence-electron chi connectivity index (χ4n) is 2.61. The van der Waals surface area contributed by atoms with Crippen molar-refractivity contribution in [2.45, 2.75) is 13.8 Å². The van der Waals surface area contributed by atoms with E-state index in [0.717, 1.165) is 12.2 Å². The molecule has 0 saturated heterocycles. The Morgan fingerprint density at radius 1 is 1.04 bits per heavy atom. The quantitative estimate of drug-likeness (QED) is 0.405. The molecule has 0 bridgehead atoms. The molecular formula is C20H20ClNO4. The van der Waals surface area contributed by atoms with Gasteiger partial charge >= 0.3 is 11.9 Å². The summed E-state index contributed by atoms with van der Waals surface area (Å²) in [5.74, 6) is -0.491. The minimum absolute atomic E-state index is 0.313. The van der Waals surface area contributed by atoms with Gasteiger partial charge in [0.2, 0.25) is 0 Å². The van der Waals surface area contributed by atoms with Crippen LogP contribution >= 0.6 is 11.6 Å².